The number of anilines is 1. The SMILES string of the molecule is COc1ccc2nc(NC3CCCC3)[nH]c2c1. The summed E-state index contributed by atoms with van der Waals surface area (Å²) in [6, 6.07) is 6.47. The highest BCUT2D eigenvalue weighted by atomic mass is 16.5. The first-order valence-corrected chi connectivity index (χ1v) is 6.15. The zero-order valence-corrected chi connectivity index (χ0v) is 9.99. The highest BCUT2D eigenvalue weighted by Gasteiger charge is 2.15. The largest absolute Gasteiger partial charge is 0.497 e. The van der Waals surface area contributed by atoms with E-state index in [1.54, 1.807) is 7.11 Å². The number of imidazole rings is 1. The van der Waals surface area contributed by atoms with E-state index in [1.807, 2.05) is 18.2 Å². The van der Waals surface area contributed by atoms with Gasteiger partial charge in [0.05, 0.1) is 18.1 Å². The van der Waals surface area contributed by atoms with Crippen LogP contribution in [0.25, 0.3) is 11.0 Å². The zero-order valence-electron chi connectivity index (χ0n) is 9.99. The lowest BCUT2D eigenvalue weighted by molar-refractivity contribution is 0.415. The minimum Gasteiger partial charge on any atom is -0.497 e. The minimum atomic E-state index is 0.581. The number of fused-ring (bicyclic) bond motifs is 1. The molecule has 1 aliphatic rings. The molecule has 1 saturated carbocycles. The standard InChI is InChI=1S/C13H17N3O/c1-17-10-6-7-11-12(8-10)16-13(15-11)14-9-4-2-3-5-9/h6-9H,2-5H2,1H3,(H2,14,15,16). The third-order valence-electron chi connectivity index (χ3n) is 3.39. The Balaban J connectivity index is 1.85. The maximum Gasteiger partial charge on any atom is 0.201 e. The summed E-state index contributed by atoms with van der Waals surface area (Å²) in [5.41, 5.74) is 2.00. The number of ether oxygens (including phenoxy) is 1. The van der Waals surface area contributed by atoms with Crippen molar-refractivity contribution in [1.82, 2.24) is 9.97 Å². The van der Waals surface area contributed by atoms with Gasteiger partial charge in [0, 0.05) is 12.1 Å². The van der Waals surface area contributed by atoms with Crippen molar-refractivity contribution in [3.05, 3.63) is 18.2 Å². The van der Waals surface area contributed by atoms with E-state index in [1.165, 1.54) is 25.7 Å². The van der Waals surface area contributed by atoms with Crippen molar-refractivity contribution < 1.29 is 4.74 Å². The molecule has 90 valence electrons. The predicted molar refractivity (Wildman–Crippen MR) is 68.5 cm³/mol. The van der Waals surface area contributed by atoms with Crippen molar-refractivity contribution in [1.29, 1.82) is 0 Å². The third kappa shape index (κ3) is 2.07. The fraction of sp³-hybridized carbons (Fsp3) is 0.462. The van der Waals surface area contributed by atoms with Gasteiger partial charge in [-0.25, -0.2) is 4.98 Å². The van der Waals surface area contributed by atoms with Crippen LogP contribution in [0.4, 0.5) is 5.95 Å². The monoisotopic (exact) mass is 231 g/mol. The second-order valence-electron chi connectivity index (χ2n) is 4.59. The quantitative estimate of drug-likeness (QED) is 0.854. The normalized spacial score (nSPS) is 16.5. The molecule has 1 heterocycles. The number of H-pyrrole nitrogens is 1. The van der Waals surface area contributed by atoms with Gasteiger partial charge in [-0.05, 0) is 25.0 Å². The molecule has 1 fully saturated rings. The highest BCUT2D eigenvalue weighted by molar-refractivity contribution is 5.79. The number of hydrogen-bond acceptors (Lipinski definition) is 3. The van der Waals surface area contributed by atoms with Gasteiger partial charge in [0.2, 0.25) is 5.95 Å². The fourth-order valence-corrected chi connectivity index (χ4v) is 2.45. The zero-order chi connectivity index (χ0) is 11.7. The molecule has 0 aliphatic heterocycles. The summed E-state index contributed by atoms with van der Waals surface area (Å²) in [7, 11) is 1.68. The van der Waals surface area contributed by atoms with E-state index in [0.29, 0.717) is 6.04 Å². The Kier molecular flexibility index (Phi) is 2.63. The maximum atomic E-state index is 5.20. The molecule has 0 amide bonds. The average Bonchev–Trinajstić information content (AvgIpc) is 2.96. The Hall–Kier alpha value is -1.71. The molecule has 0 atom stereocenters. The molecule has 0 saturated heterocycles. The van der Waals surface area contributed by atoms with E-state index in [0.717, 1.165) is 22.7 Å². The molecule has 1 aromatic heterocycles. The van der Waals surface area contributed by atoms with Gasteiger partial charge >= 0.3 is 0 Å². The summed E-state index contributed by atoms with van der Waals surface area (Å²) >= 11 is 0. The van der Waals surface area contributed by atoms with Gasteiger partial charge < -0.3 is 15.0 Å². The van der Waals surface area contributed by atoms with Gasteiger partial charge in [-0.2, -0.15) is 0 Å². The number of rotatable bonds is 3. The predicted octanol–water partition coefficient (Wildman–Crippen LogP) is 2.93. The number of hydrogen-bond donors (Lipinski definition) is 2. The van der Waals surface area contributed by atoms with E-state index < -0.39 is 0 Å². The Morgan fingerprint density at radius 3 is 2.94 bits per heavy atom. The molecular weight excluding hydrogens is 214 g/mol. The van der Waals surface area contributed by atoms with Crippen LogP contribution in [0.15, 0.2) is 18.2 Å². The van der Waals surface area contributed by atoms with E-state index >= 15 is 0 Å². The summed E-state index contributed by atoms with van der Waals surface area (Å²) in [6.45, 7) is 0. The topological polar surface area (TPSA) is 49.9 Å². The van der Waals surface area contributed by atoms with Crippen LogP contribution >= 0.6 is 0 Å². The van der Waals surface area contributed by atoms with E-state index in [-0.39, 0.29) is 0 Å². The van der Waals surface area contributed by atoms with Gasteiger partial charge in [-0.3, -0.25) is 0 Å². The molecule has 17 heavy (non-hydrogen) atoms. The van der Waals surface area contributed by atoms with Gasteiger partial charge in [0.1, 0.15) is 5.75 Å². The van der Waals surface area contributed by atoms with Gasteiger partial charge in [0.25, 0.3) is 0 Å². The van der Waals surface area contributed by atoms with Crippen LogP contribution in [-0.2, 0) is 0 Å². The number of aromatic amines is 1. The van der Waals surface area contributed by atoms with E-state index in [9.17, 15) is 0 Å². The smallest absolute Gasteiger partial charge is 0.201 e. The van der Waals surface area contributed by atoms with Crippen LogP contribution in [0, 0.1) is 0 Å². The van der Waals surface area contributed by atoms with Crippen molar-refractivity contribution in [3.63, 3.8) is 0 Å². The van der Waals surface area contributed by atoms with Crippen molar-refractivity contribution in [2.75, 3.05) is 12.4 Å². The Morgan fingerprint density at radius 2 is 2.18 bits per heavy atom. The van der Waals surface area contributed by atoms with Crippen molar-refractivity contribution in [2.24, 2.45) is 0 Å². The Bertz CT molecular complexity index is 514. The van der Waals surface area contributed by atoms with Crippen LogP contribution < -0.4 is 10.1 Å². The average molecular weight is 231 g/mol. The minimum absolute atomic E-state index is 0.581. The number of benzene rings is 1. The number of nitrogens with one attached hydrogen (secondary N) is 2. The van der Waals surface area contributed by atoms with Crippen LogP contribution in [0.3, 0.4) is 0 Å². The number of aromatic nitrogens is 2. The van der Waals surface area contributed by atoms with Crippen LogP contribution in [0.1, 0.15) is 25.7 Å². The Labute approximate surface area is 100 Å². The third-order valence-corrected chi connectivity index (χ3v) is 3.39. The van der Waals surface area contributed by atoms with Gasteiger partial charge in [-0.1, -0.05) is 12.8 Å². The summed E-state index contributed by atoms with van der Waals surface area (Å²) in [5.74, 6) is 1.73. The lowest BCUT2D eigenvalue weighted by Gasteiger charge is -2.09. The lowest BCUT2D eigenvalue weighted by Crippen LogP contribution is -2.15. The maximum absolute atomic E-state index is 5.20. The molecule has 4 heteroatoms. The highest BCUT2D eigenvalue weighted by Crippen LogP contribution is 2.24. The molecule has 1 aromatic carbocycles. The summed E-state index contributed by atoms with van der Waals surface area (Å²) in [6.07, 6.45) is 5.15. The van der Waals surface area contributed by atoms with E-state index in [4.69, 9.17) is 4.74 Å². The first-order valence-electron chi connectivity index (χ1n) is 6.15. The second-order valence-corrected chi connectivity index (χ2v) is 4.59. The molecule has 0 unspecified atom stereocenters. The summed E-state index contributed by atoms with van der Waals surface area (Å²) in [5, 5.41) is 3.46. The molecular formula is C13H17N3O. The van der Waals surface area contributed by atoms with Crippen LogP contribution in [0.5, 0.6) is 5.75 Å². The van der Waals surface area contributed by atoms with Gasteiger partial charge in [0.15, 0.2) is 0 Å². The second kappa shape index (κ2) is 4.28. The van der Waals surface area contributed by atoms with Crippen LogP contribution in [0.2, 0.25) is 0 Å². The molecule has 2 N–H and O–H groups in total. The summed E-state index contributed by atoms with van der Waals surface area (Å²) < 4.78 is 5.20. The molecule has 0 spiro atoms. The first-order chi connectivity index (χ1) is 8.35. The molecule has 0 radical (unpaired) electrons. The molecule has 4 nitrogen and oxygen atoms in total. The first kappa shape index (κ1) is 10.4. The van der Waals surface area contributed by atoms with Crippen molar-refractivity contribution in [2.45, 2.75) is 31.7 Å². The molecule has 0 bridgehead atoms. The van der Waals surface area contributed by atoms with Crippen molar-refractivity contribution in [3.8, 4) is 5.75 Å². The Morgan fingerprint density at radius 1 is 1.35 bits per heavy atom. The number of methoxy groups -OCH3 is 1. The molecule has 3 rings (SSSR count). The fourth-order valence-electron chi connectivity index (χ4n) is 2.45. The van der Waals surface area contributed by atoms with Gasteiger partial charge in [-0.15, -0.1) is 0 Å². The van der Waals surface area contributed by atoms with E-state index in [2.05, 4.69) is 15.3 Å². The summed E-state index contributed by atoms with van der Waals surface area (Å²) in [4.78, 5) is 7.82. The number of nitrogens with zero attached hydrogens (tertiary/aromatic N) is 1. The van der Waals surface area contributed by atoms with Crippen molar-refractivity contribution >= 4 is 17.0 Å². The molecule has 1 aliphatic carbocycles. The lowest BCUT2D eigenvalue weighted by atomic mass is 10.3. The van der Waals surface area contributed by atoms with Crippen LogP contribution in [-0.4, -0.2) is 23.1 Å². The molecule has 2 aromatic rings.